The maximum Gasteiger partial charge on any atom is 0.231 e. The number of hydrogen-bond donors (Lipinski definition) is 1. The van der Waals surface area contributed by atoms with E-state index in [-0.39, 0.29) is 17.6 Å². The van der Waals surface area contributed by atoms with Gasteiger partial charge in [-0.2, -0.15) is 9.94 Å². The van der Waals surface area contributed by atoms with Crippen LogP contribution in [-0.2, 0) is 4.79 Å². The van der Waals surface area contributed by atoms with Crippen molar-refractivity contribution in [1.82, 2.24) is 25.5 Å². The quantitative estimate of drug-likeness (QED) is 0.797. The molecule has 2 rings (SSSR count). The number of amides is 1. The zero-order valence-corrected chi connectivity index (χ0v) is 15.9. The zero-order chi connectivity index (χ0) is 18.6. The van der Waals surface area contributed by atoms with Crippen LogP contribution in [0.2, 0.25) is 0 Å². The summed E-state index contributed by atoms with van der Waals surface area (Å²) in [7, 11) is 0. The van der Waals surface area contributed by atoms with Gasteiger partial charge in [0.15, 0.2) is 0 Å². The third kappa shape index (κ3) is 4.37. The van der Waals surface area contributed by atoms with Crippen molar-refractivity contribution < 1.29 is 4.79 Å². The largest absolute Gasteiger partial charge is 0.337 e. The van der Waals surface area contributed by atoms with Crippen molar-refractivity contribution in [2.24, 2.45) is 5.92 Å². The zero-order valence-electron chi connectivity index (χ0n) is 15.1. The molecule has 1 N–H and O–H groups in total. The Balaban J connectivity index is 2.11. The van der Waals surface area contributed by atoms with E-state index in [9.17, 15) is 10.1 Å². The molecule has 1 aromatic heterocycles. The minimum atomic E-state index is -0.892. The first-order chi connectivity index (χ1) is 11.8. The Hall–Kier alpha value is -2.40. The molecule has 1 atom stereocenters. The van der Waals surface area contributed by atoms with E-state index in [1.54, 1.807) is 11.6 Å². The molecule has 1 heterocycles. The lowest BCUT2D eigenvalue weighted by molar-refractivity contribution is -0.120. The first-order valence-corrected chi connectivity index (χ1v) is 8.96. The van der Waals surface area contributed by atoms with E-state index < -0.39 is 5.54 Å². The van der Waals surface area contributed by atoms with Gasteiger partial charge >= 0.3 is 0 Å². The van der Waals surface area contributed by atoms with Gasteiger partial charge in [-0.15, -0.1) is 5.10 Å². The van der Waals surface area contributed by atoms with Crippen LogP contribution in [0.4, 0.5) is 0 Å². The van der Waals surface area contributed by atoms with Crippen LogP contribution in [0.5, 0.6) is 0 Å². The number of carbonyl (C=O) groups is 1. The smallest absolute Gasteiger partial charge is 0.231 e. The topological polar surface area (TPSA) is 96.5 Å². The van der Waals surface area contributed by atoms with Gasteiger partial charge in [-0.1, -0.05) is 37.7 Å². The average Bonchev–Trinajstić information content (AvgIpc) is 3.03. The number of rotatable bonds is 6. The molecule has 25 heavy (non-hydrogen) atoms. The van der Waals surface area contributed by atoms with Gasteiger partial charge in [0.25, 0.3) is 0 Å². The second-order valence-corrected chi connectivity index (χ2v) is 7.41. The van der Waals surface area contributed by atoms with Crippen LogP contribution in [0.15, 0.2) is 23.4 Å². The van der Waals surface area contributed by atoms with Crippen molar-refractivity contribution >= 4 is 17.7 Å². The monoisotopic (exact) mass is 358 g/mol. The predicted octanol–water partition coefficient (Wildman–Crippen LogP) is 2.43. The van der Waals surface area contributed by atoms with Crippen LogP contribution >= 0.6 is 11.8 Å². The second-order valence-electron chi connectivity index (χ2n) is 6.47. The molecule has 0 unspecified atom stereocenters. The first kappa shape index (κ1) is 18.9. The van der Waals surface area contributed by atoms with Crippen molar-refractivity contribution in [2.45, 2.75) is 45.3 Å². The van der Waals surface area contributed by atoms with Crippen LogP contribution in [-0.4, -0.2) is 37.4 Å². The fraction of sp³-hybridized carbons (Fsp3) is 0.471. The maximum atomic E-state index is 12.2. The number of carbonyl (C=O) groups excluding carboxylic acids is 1. The molecule has 0 radical (unpaired) electrons. The lowest BCUT2D eigenvalue weighted by Gasteiger charge is -2.27. The van der Waals surface area contributed by atoms with Gasteiger partial charge in [-0.05, 0) is 54.3 Å². The van der Waals surface area contributed by atoms with E-state index in [0.29, 0.717) is 5.16 Å². The summed E-state index contributed by atoms with van der Waals surface area (Å²) >= 11 is 1.24. The molecule has 8 heteroatoms. The summed E-state index contributed by atoms with van der Waals surface area (Å²) in [6.07, 6.45) is 0. The Kier molecular flexibility index (Phi) is 5.80. The lowest BCUT2D eigenvalue weighted by atomic mass is 9.90. The van der Waals surface area contributed by atoms with Crippen LogP contribution < -0.4 is 5.32 Å². The molecule has 0 saturated carbocycles. The van der Waals surface area contributed by atoms with E-state index >= 15 is 0 Å². The summed E-state index contributed by atoms with van der Waals surface area (Å²) in [5, 5.41) is 24.4. The number of nitrogens with one attached hydrogen (secondary N) is 1. The highest BCUT2D eigenvalue weighted by atomic mass is 32.2. The minimum absolute atomic E-state index is 0.00622. The fourth-order valence-electron chi connectivity index (χ4n) is 2.12. The highest BCUT2D eigenvalue weighted by molar-refractivity contribution is 7.99. The lowest BCUT2D eigenvalue weighted by Crippen LogP contribution is -2.49. The summed E-state index contributed by atoms with van der Waals surface area (Å²) in [6.45, 7) is 9.51. The summed E-state index contributed by atoms with van der Waals surface area (Å²) in [4.78, 5) is 12.2. The molecule has 0 spiro atoms. The number of hydrogen-bond acceptors (Lipinski definition) is 6. The number of aryl methyl sites for hydroxylation is 2. The highest BCUT2D eigenvalue weighted by Gasteiger charge is 2.30. The Morgan fingerprint density at radius 2 is 2.16 bits per heavy atom. The molecule has 1 aromatic carbocycles. The van der Waals surface area contributed by atoms with Crippen LogP contribution in [0.1, 0.15) is 31.9 Å². The summed E-state index contributed by atoms with van der Waals surface area (Å²) in [5.41, 5.74) is 2.14. The van der Waals surface area contributed by atoms with Gasteiger partial charge < -0.3 is 5.32 Å². The molecular weight excluding hydrogens is 336 g/mol. The number of nitriles is 1. The Morgan fingerprint density at radius 1 is 1.44 bits per heavy atom. The predicted molar refractivity (Wildman–Crippen MR) is 96.4 cm³/mol. The van der Waals surface area contributed by atoms with Crippen molar-refractivity contribution in [2.75, 3.05) is 5.75 Å². The van der Waals surface area contributed by atoms with E-state index in [1.807, 2.05) is 45.9 Å². The van der Waals surface area contributed by atoms with E-state index in [4.69, 9.17) is 0 Å². The third-order valence-corrected chi connectivity index (χ3v) is 5.07. The van der Waals surface area contributed by atoms with Crippen LogP contribution in [0.3, 0.4) is 0 Å². The standard InChI is InChI=1S/C17H22N6OS/c1-11(2)17(5,10-18)19-15(24)9-25-16-20-21-22-23(16)14-8-12(3)6-7-13(14)4/h6-8,11H,9H2,1-5H3,(H,19,24)/t17-/m0/s1. The molecule has 132 valence electrons. The van der Waals surface area contributed by atoms with Gasteiger partial charge in [0.2, 0.25) is 11.1 Å². The van der Waals surface area contributed by atoms with Gasteiger partial charge in [-0.3, -0.25) is 4.79 Å². The number of tetrazole rings is 1. The molecule has 0 saturated heterocycles. The molecule has 0 fully saturated rings. The highest BCUT2D eigenvalue weighted by Crippen LogP contribution is 2.22. The molecule has 0 bridgehead atoms. The van der Waals surface area contributed by atoms with Gasteiger partial charge in [0, 0.05) is 0 Å². The average molecular weight is 358 g/mol. The van der Waals surface area contributed by atoms with Gasteiger partial charge in [-0.25, -0.2) is 0 Å². The van der Waals surface area contributed by atoms with Crippen molar-refractivity contribution in [3.63, 3.8) is 0 Å². The van der Waals surface area contributed by atoms with E-state index in [0.717, 1.165) is 16.8 Å². The molecule has 7 nitrogen and oxygen atoms in total. The third-order valence-electron chi connectivity index (χ3n) is 4.15. The summed E-state index contributed by atoms with van der Waals surface area (Å²) in [6, 6.07) is 8.20. The fourth-order valence-corrected chi connectivity index (χ4v) is 2.81. The second kappa shape index (κ2) is 7.66. The van der Waals surface area contributed by atoms with Gasteiger partial charge in [0.05, 0.1) is 17.5 Å². The number of thioether (sulfide) groups is 1. The van der Waals surface area contributed by atoms with Gasteiger partial charge in [0.1, 0.15) is 5.54 Å². The Labute approximate surface area is 151 Å². The number of benzene rings is 1. The van der Waals surface area contributed by atoms with Crippen LogP contribution in [0.25, 0.3) is 5.69 Å². The Morgan fingerprint density at radius 3 is 2.80 bits per heavy atom. The SMILES string of the molecule is Cc1ccc(C)c(-n2nnnc2SCC(=O)N[C@@](C)(C#N)C(C)C)c1. The molecule has 0 aliphatic rings. The van der Waals surface area contributed by atoms with E-state index in [2.05, 4.69) is 26.9 Å². The minimum Gasteiger partial charge on any atom is -0.337 e. The molecule has 2 aromatic rings. The summed E-state index contributed by atoms with van der Waals surface area (Å²) in [5.74, 6) is -0.0835. The van der Waals surface area contributed by atoms with Crippen molar-refractivity contribution in [3.8, 4) is 11.8 Å². The molecular formula is C17H22N6OS. The van der Waals surface area contributed by atoms with Crippen molar-refractivity contribution in [1.29, 1.82) is 5.26 Å². The first-order valence-electron chi connectivity index (χ1n) is 7.98. The van der Waals surface area contributed by atoms with Crippen molar-refractivity contribution in [3.05, 3.63) is 29.3 Å². The summed E-state index contributed by atoms with van der Waals surface area (Å²) < 4.78 is 1.63. The normalized spacial score (nSPS) is 13.3. The molecule has 0 aliphatic carbocycles. The number of nitrogens with zero attached hydrogens (tertiary/aromatic N) is 5. The number of aromatic nitrogens is 4. The Bertz CT molecular complexity index is 810. The maximum absolute atomic E-state index is 12.2. The molecule has 0 aliphatic heterocycles. The van der Waals surface area contributed by atoms with E-state index in [1.165, 1.54) is 11.8 Å². The van der Waals surface area contributed by atoms with Crippen LogP contribution in [0, 0.1) is 31.1 Å². The molecule has 1 amide bonds.